The van der Waals surface area contributed by atoms with Gasteiger partial charge in [-0.15, -0.1) is 0 Å². The predicted octanol–water partition coefficient (Wildman–Crippen LogP) is 2.46. The summed E-state index contributed by atoms with van der Waals surface area (Å²) >= 11 is 2.79. The van der Waals surface area contributed by atoms with Gasteiger partial charge in [0, 0.05) is 22.5 Å². The third kappa shape index (κ3) is 4.52. The molecule has 1 aromatic carbocycles. The third-order valence-electron chi connectivity index (χ3n) is 2.42. The summed E-state index contributed by atoms with van der Waals surface area (Å²) in [6.45, 7) is 1.53. The molecule has 4 nitrogen and oxygen atoms in total. The molecule has 0 heterocycles. The van der Waals surface area contributed by atoms with Crippen LogP contribution in [0.25, 0.3) is 0 Å². The van der Waals surface area contributed by atoms with E-state index in [1.807, 2.05) is 0 Å². The van der Waals surface area contributed by atoms with Gasteiger partial charge in [0.05, 0.1) is 5.56 Å². The maximum Gasteiger partial charge on any atom is 0.417 e. The van der Waals surface area contributed by atoms with Crippen LogP contribution < -0.4 is 11.1 Å². The molecule has 0 bridgehead atoms. The smallest absolute Gasteiger partial charge is 0.370 e. The van der Waals surface area contributed by atoms with Crippen molar-refractivity contribution in [2.24, 2.45) is 5.73 Å². The van der Waals surface area contributed by atoms with Crippen LogP contribution in [0.3, 0.4) is 0 Å². The molecule has 0 aromatic heterocycles. The lowest BCUT2D eigenvalue weighted by Gasteiger charge is -2.14. The molecule has 2 amide bonds. The molecule has 0 fully saturated rings. The van der Waals surface area contributed by atoms with E-state index in [1.165, 1.54) is 13.0 Å². The van der Waals surface area contributed by atoms with Crippen molar-refractivity contribution >= 4 is 27.7 Å². The molecule has 0 spiro atoms. The molecule has 1 unspecified atom stereocenters. The van der Waals surface area contributed by atoms with Crippen molar-refractivity contribution in [3.63, 3.8) is 0 Å². The third-order valence-corrected chi connectivity index (χ3v) is 3.11. The summed E-state index contributed by atoms with van der Waals surface area (Å²) in [6, 6.07) is 2.59. The standard InChI is InChI=1S/C12H12BrF3N2O2/c1-6(4-10(17)19)18-11(20)7-2-3-9(13)8(5-7)12(14,15)16/h2-3,5-6H,4H2,1H3,(H2,17,19)(H,18,20). The zero-order chi connectivity index (χ0) is 15.5. The molecule has 0 saturated heterocycles. The highest BCUT2D eigenvalue weighted by atomic mass is 79.9. The zero-order valence-corrected chi connectivity index (χ0v) is 12.0. The number of amides is 2. The minimum absolute atomic E-state index is 0.0889. The van der Waals surface area contributed by atoms with Crippen molar-refractivity contribution in [2.45, 2.75) is 25.6 Å². The Morgan fingerprint density at radius 3 is 2.50 bits per heavy atom. The fourth-order valence-corrected chi connectivity index (χ4v) is 2.02. The van der Waals surface area contributed by atoms with Gasteiger partial charge in [0.15, 0.2) is 0 Å². The first-order valence-electron chi connectivity index (χ1n) is 5.57. The Morgan fingerprint density at radius 1 is 1.40 bits per heavy atom. The van der Waals surface area contributed by atoms with Gasteiger partial charge in [0.25, 0.3) is 5.91 Å². The van der Waals surface area contributed by atoms with Gasteiger partial charge in [-0.25, -0.2) is 0 Å². The average Bonchev–Trinajstić information content (AvgIpc) is 2.26. The number of primary amides is 1. The average molecular weight is 353 g/mol. The zero-order valence-electron chi connectivity index (χ0n) is 10.4. The second-order valence-electron chi connectivity index (χ2n) is 4.24. The van der Waals surface area contributed by atoms with Gasteiger partial charge in [-0.2, -0.15) is 13.2 Å². The topological polar surface area (TPSA) is 72.2 Å². The Bertz CT molecular complexity index is 532. The highest BCUT2D eigenvalue weighted by molar-refractivity contribution is 9.10. The van der Waals surface area contributed by atoms with E-state index in [0.717, 1.165) is 12.1 Å². The number of nitrogens with one attached hydrogen (secondary N) is 1. The van der Waals surface area contributed by atoms with E-state index in [2.05, 4.69) is 21.2 Å². The number of benzene rings is 1. The molecule has 0 aliphatic heterocycles. The lowest BCUT2D eigenvalue weighted by Crippen LogP contribution is -2.35. The quantitative estimate of drug-likeness (QED) is 0.873. The van der Waals surface area contributed by atoms with Gasteiger partial charge in [-0.1, -0.05) is 15.9 Å². The molecule has 110 valence electrons. The molecule has 0 aliphatic carbocycles. The van der Waals surface area contributed by atoms with E-state index in [9.17, 15) is 22.8 Å². The number of rotatable bonds is 4. The molecule has 0 aliphatic rings. The summed E-state index contributed by atoms with van der Waals surface area (Å²) in [5, 5.41) is 2.40. The lowest BCUT2D eigenvalue weighted by atomic mass is 10.1. The van der Waals surface area contributed by atoms with Crippen LogP contribution in [0.15, 0.2) is 22.7 Å². The van der Waals surface area contributed by atoms with Crippen LogP contribution in [0.5, 0.6) is 0 Å². The number of carbonyl (C=O) groups excluding carboxylic acids is 2. The van der Waals surface area contributed by atoms with Crippen molar-refractivity contribution in [2.75, 3.05) is 0 Å². The second kappa shape index (κ2) is 6.25. The van der Waals surface area contributed by atoms with E-state index in [4.69, 9.17) is 5.73 Å². The van der Waals surface area contributed by atoms with Crippen molar-refractivity contribution in [1.29, 1.82) is 0 Å². The van der Waals surface area contributed by atoms with Crippen LogP contribution in [0.4, 0.5) is 13.2 Å². The van der Waals surface area contributed by atoms with Gasteiger partial charge < -0.3 is 11.1 Å². The summed E-state index contributed by atoms with van der Waals surface area (Å²) in [6.07, 6.45) is -4.65. The van der Waals surface area contributed by atoms with Crippen LogP contribution in [-0.2, 0) is 11.0 Å². The monoisotopic (exact) mass is 352 g/mol. The fourth-order valence-electron chi connectivity index (χ4n) is 1.54. The highest BCUT2D eigenvalue weighted by Gasteiger charge is 2.33. The van der Waals surface area contributed by atoms with Gasteiger partial charge in [0.1, 0.15) is 0 Å². The number of alkyl halides is 3. The molecule has 0 radical (unpaired) electrons. The largest absolute Gasteiger partial charge is 0.417 e. The second-order valence-corrected chi connectivity index (χ2v) is 5.09. The normalized spacial score (nSPS) is 12.8. The maximum absolute atomic E-state index is 12.7. The first-order valence-corrected chi connectivity index (χ1v) is 6.36. The van der Waals surface area contributed by atoms with E-state index < -0.39 is 29.6 Å². The summed E-state index contributed by atoms with van der Waals surface area (Å²) in [5.41, 5.74) is 3.88. The maximum atomic E-state index is 12.7. The van der Waals surface area contributed by atoms with Gasteiger partial charge in [0.2, 0.25) is 5.91 Å². The van der Waals surface area contributed by atoms with Crippen molar-refractivity contribution < 1.29 is 22.8 Å². The molecule has 1 rings (SSSR count). The van der Waals surface area contributed by atoms with Crippen LogP contribution in [0, 0.1) is 0 Å². The molecule has 20 heavy (non-hydrogen) atoms. The number of halogens is 4. The van der Waals surface area contributed by atoms with Crippen molar-refractivity contribution in [3.05, 3.63) is 33.8 Å². The van der Waals surface area contributed by atoms with E-state index in [1.54, 1.807) is 0 Å². The van der Waals surface area contributed by atoms with Gasteiger partial charge in [-0.3, -0.25) is 9.59 Å². The van der Waals surface area contributed by atoms with Crippen LogP contribution in [0.2, 0.25) is 0 Å². The minimum Gasteiger partial charge on any atom is -0.370 e. The van der Waals surface area contributed by atoms with E-state index in [-0.39, 0.29) is 16.5 Å². The van der Waals surface area contributed by atoms with Crippen LogP contribution in [-0.4, -0.2) is 17.9 Å². The molecular formula is C12H12BrF3N2O2. The van der Waals surface area contributed by atoms with E-state index in [0.29, 0.717) is 0 Å². The Labute approximate surface area is 121 Å². The highest BCUT2D eigenvalue weighted by Crippen LogP contribution is 2.35. The number of hydrogen-bond donors (Lipinski definition) is 2. The van der Waals surface area contributed by atoms with E-state index >= 15 is 0 Å². The molecule has 8 heteroatoms. The first-order chi connectivity index (χ1) is 9.11. The van der Waals surface area contributed by atoms with Crippen molar-refractivity contribution in [3.8, 4) is 0 Å². The van der Waals surface area contributed by atoms with Crippen molar-refractivity contribution in [1.82, 2.24) is 5.32 Å². The fraction of sp³-hybridized carbons (Fsp3) is 0.333. The number of nitrogens with two attached hydrogens (primary N) is 1. The predicted molar refractivity (Wildman–Crippen MR) is 69.9 cm³/mol. The molecule has 0 saturated carbocycles. The van der Waals surface area contributed by atoms with Gasteiger partial charge in [-0.05, 0) is 25.1 Å². The van der Waals surface area contributed by atoms with Crippen LogP contribution >= 0.6 is 15.9 Å². The summed E-state index contributed by atoms with van der Waals surface area (Å²) in [7, 11) is 0. The first kappa shape index (κ1) is 16.5. The number of hydrogen-bond acceptors (Lipinski definition) is 2. The molecule has 1 atom stereocenters. The Morgan fingerprint density at radius 2 is 2.00 bits per heavy atom. The molecular weight excluding hydrogens is 341 g/mol. The van der Waals surface area contributed by atoms with Gasteiger partial charge >= 0.3 is 6.18 Å². The minimum atomic E-state index is -4.56. The lowest BCUT2D eigenvalue weighted by molar-refractivity contribution is -0.138. The summed E-state index contributed by atoms with van der Waals surface area (Å²) < 4.78 is 38.0. The molecule has 1 aromatic rings. The number of carbonyl (C=O) groups is 2. The Hall–Kier alpha value is -1.57. The SMILES string of the molecule is CC(CC(N)=O)NC(=O)c1ccc(Br)c(C(F)(F)F)c1. The molecule has 3 N–H and O–H groups in total. The Balaban J connectivity index is 2.92. The summed E-state index contributed by atoms with van der Waals surface area (Å²) in [4.78, 5) is 22.5. The Kier molecular flexibility index (Phi) is 5.15. The van der Waals surface area contributed by atoms with Crippen LogP contribution in [0.1, 0.15) is 29.3 Å². The summed E-state index contributed by atoms with van der Waals surface area (Å²) in [5.74, 6) is -1.30.